The van der Waals surface area contributed by atoms with Crippen molar-refractivity contribution in [1.29, 1.82) is 0 Å². The maximum Gasteiger partial charge on any atom is 0.308 e. The van der Waals surface area contributed by atoms with E-state index in [1.807, 2.05) is 13.8 Å². The van der Waals surface area contributed by atoms with Crippen LogP contribution in [-0.2, 0) is 20.4 Å². The Balaban J connectivity index is 2.51. The number of phenols is 1. The van der Waals surface area contributed by atoms with E-state index in [1.165, 1.54) is 103 Å². The molecule has 0 aliphatic carbocycles. The molecule has 0 aromatic heterocycles. The van der Waals surface area contributed by atoms with Gasteiger partial charge in [-0.15, -0.1) is 0 Å². The molecule has 0 aliphatic rings. The molecule has 3 heteroatoms. The van der Waals surface area contributed by atoms with Crippen LogP contribution in [0.3, 0.4) is 0 Å². The third-order valence-corrected chi connectivity index (χ3v) is 8.42. The summed E-state index contributed by atoms with van der Waals surface area (Å²) in [5.41, 5.74) is 2.45. The maximum atomic E-state index is 12.7. The van der Waals surface area contributed by atoms with E-state index >= 15 is 0 Å². The normalized spacial score (nSPS) is 13.1. The number of phenolic OH excluding ortho intramolecular Hbond substituents is 1. The van der Waals surface area contributed by atoms with Gasteiger partial charge >= 0.3 is 5.97 Å². The fraction of sp³-hybridized carbons (Fsp3) is 0.816. The molecule has 1 rings (SSSR count). The Bertz CT molecular complexity index is 805. The second kappa shape index (κ2) is 19.6. The predicted molar refractivity (Wildman–Crippen MR) is 178 cm³/mol. The molecule has 1 N–H and O–H groups in total. The van der Waals surface area contributed by atoms with Crippen LogP contribution in [0.1, 0.15) is 201 Å². The van der Waals surface area contributed by atoms with Crippen molar-refractivity contribution in [2.24, 2.45) is 5.92 Å². The van der Waals surface area contributed by atoms with Crippen molar-refractivity contribution in [2.45, 2.75) is 195 Å². The molecule has 0 bridgehead atoms. The maximum absolute atomic E-state index is 12.7. The van der Waals surface area contributed by atoms with Gasteiger partial charge in [-0.2, -0.15) is 0 Å². The van der Waals surface area contributed by atoms with Crippen molar-refractivity contribution in [2.75, 3.05) is 0 Å². The first-order valence-electron chi connectivity index (χ1n) is 17.4. The molecule has 0 radical (unpaired) electrons. The second-order valence-corrected chi connectivity index (χ2v) is 15.0. The highest BCUT2D eigenvalue weighted by Crippen LogP contribution is 2.42. The molecule has 0 heterocycles. The zero-order valence-electron chi connectivity index (χ0n) is 28.8. The first kappa shape index (κ1) is 37.5. The summed E-state index contributed by atoms with van der Waals surface area (Å²) in [4.78, 5) is 12.7. The highest BCUT2D eigenvalue weighted by atomic mass is 16.5. The first-order chi connectivity index (χ1) is 19.3. The number of carbonyl (C=O) groups excluding carboxylic acids is 1. The molecule has 0 spiro atoms. The van der Waals surface area contributed by atoms with Crippen molar-refractivity contribution in [1.82, 2.24) is 0 Å². The Labute approximate surface area is 255 Å². The van der Waals surface area contributed by atoms with Gasteiger partial charge in [0.05, 0.1) is 5.92 Å². The van der Waals surface area contributed by atoms with Crippen molar-refractivity contribution in [3.63, 3.8) is 0 Å². The first-order valence-corrected chi connectivity index (χ1v) is 17.4. The minimum absolute atomic E-state index is 0.148. The Morgan fingerprint density at radius 1 is 0.659 bits per heavy atom. The van der Waals surface area contributed by atoms with Crippen molar-refractivity contribution < 1.29 is 14.6 Å². The Morgan fingerprint density at radius 2 is 1.00 bits per heavy atom. The molecule has 0 aliphatic heterocycles. The van der Waals surface area contributed by atoms with Crippen LogP contribution in [0.2, 0.25) is 0 Å². The lowest BCUT2D eigenvalue weighted by molar-refractivity contribution is -0.153. The van der Waals surface area contributed by atoms with E-state index in [2.05, 4.69) is 60.6 Å². The number of benzene rings is 1. The number of hydrogen-bond acceptors (Lipinski definition) is 3. The molecule has 41 heavy (non-hydrogen) atoms. The van der Waals surface area contributed by atoms with Gasteiger partial charge in [-0.05, 0) is 52.5 Å². The summed E-state index contributed by atoms with van der Waals surface area (Å²) in [6.45, 7) is 18.9. The number of carbonyl (C=O) groups is 1. The standard InChI is InChI=1S/C38H68O3/c1-10-11-12-13-14-15-16-17-18-19-20-21-22-23-24-25-26-27-34(41-36(40)30(2)3)31-28-32(37(4,5)6)35(39)33(29-31)38(7,8)9/h28-30,34,39H,10-27H2,1-9H3. The van der Waals surface area contributed by atoms with Gasteiger partial charge in [0.15, 0.2) is 0 Å². The number of aromatic hydroxyl groups is 1. The highest BCUT2D eigenvalue weighted by molar-refractivity contribution is 5.72. The molecule has 3 nitrogen and oxygen atoms in total. The fourth-order valence-electron chi connectivity index (χ4n) is 5.61. The lowest BCUT2D eigenvalue weighted by Gasteiger charge is -2.30. The molecule has 1 atom stereocenters. The molecule has 1 aromatic carbocycles. The number of unbranched alkanes of at least 4 members (excludes halogenated alkanes) is 16. The Morgan fingerprint density at radius 3 is 1.32 bits per heavy atom. The molecule has 0 saturated carbocycles. The summed E-state index contributed by atoms with van der Waals surface area (Å²) in [5.74, 6) is 0.0690. The van der Waals surface area contributed by atoms with Crippen LogP contribution in [0.4, 0.5) is 0 Å². The van der Waals surface area contributed by atoms with Crippen LogP contribution in [0, 0.1) is 5.92 Å². The van der Waals surface area contributed by atoms with E-state index in [1.54, 1.807) is 0 Å². The highest BCUT2D eigenvalue weighted by Gasteiger charge is 2.29. The molecular formula is C38H68O3. The van der Waals surface area contributed by atoms with Gasteiger partial charge in [0.25, 0.3) is 0 Å². The topological polar surface area (TPSA) is 46.5 Å². The van der Waals surface area contributed by atoms with Gasteiger partial charge in [0.1, 0.15) is 11.9 Å². The second-order valence-electron chi connectivity index (χ2n) is 15.0. The number of ether oxygens (including phenoxy) is 1. The Hall–Kier alpha value is -1.51. The van der Waals surface area contributed by atoms with Crippen LogP contribution in [0.15, 0.2) is 12.1 Å². The van der Waals surface area contributed by atoms with E-state index in [4.69, 9.17) is 4.74 Å². The number of hydrogen-bond donors (Lipinski definition) is 1. The summed E-state index contributed by atoms with van der Waals surface area (Å²) in [6.07, 6.45) is 23.6. The third kappa shape index (κ3) is 15.5. The lowest BCUT2D eigenvalue weighted by Crippen LogP contribution is -2.21. The van der Waals surface area contributed by atoms with Crippen LogP contribution in [0.5, 0.6) is 5.75 Å². The zero-order valence-corrected chi connectivity index (χ0v) is 28.8. The average Bonchev–Trinajstić information content (AvgIpc) is 2.88. The van der Waals surface area contributed by atoms with Gasteiger partial charge in [-0.25, -0.2) is 0 Å². The SMILES string of the molecule is CCCCCCCCCCCCCCCCCCCC(OC(=O)C(C)C)c1cc(C(C)(C)C)c(O)c(C(C)(C)C)c1. The van der Waals surface area contributed by atoms with Crippen LogP contribution < -0.4 is 0 Å². The van der Waals surface area contributed by atoms with Gasteiger partial charge < -0.3 is 9.84 Å². The molecule has 0 amide bonds. The Kier molecular flexibility index (Phi) is 18.0. The number of esters is 1. The van der Waals surface area contributed by atoms with Crippen molar-refractivity contribution in [3.8, 4) is 5.75 Å². The van der Waals surface area contributed by atoms with Gasteiger partial charge in [0, 0.05) is 0 Å². The van der Waals surface area contributed by atoms with E-state index in [9.17, 15) is 9.90 Å². The van der Waals surface area contributed by atoms with E-state index < -0.39 is 0 Å². The van der Waals surface area contributed by atoms with Crippen molar-refractivity contribution in [3.05, 3.63) is 28.8 Å². The summed E-state index contributed by atoms with van der Waals surface area (Å²) < 4.78 is 6.08. The summed E-state index contributed by atoms with van der Waals surface area (Å²) in [6, 6.07) is 4.16. The number of rotatable bonds is 21. The van der Waals surface area contributed by atoms with E-state index in [0.29, 0.717) is 5.75 Å². The van der Waals surface area contributed by atoms with E-state index in [0.717, 1.165) is 29.5 Å². The molecule has 0 saturated heterocycles. The minimum Gasteiger partial charge on any atom is -0.507 e. The lowest BCUT2D eigenvalue weighted by atomic mass is 9.77. The third-order valence-electron chi connectivity index (χ3n) is 8.42. The summed E-state index contributed by atoms with van der Waals surface area (Å²) >= 11 is 0. The predicted octanol–water partition coefficient (Wildman–Crippen LogP) is 12.3. The quantitative estimate of drug-likeness (QED) is 0.118. The molecule has 238 valence electrons. The van der Waals surface area contributed by atoms with Gasteiger partial charge in [0.2, 0.25) is 0 Å². The molecule has 1 unspecified atom stereocenters. The summed E-state index contributed by atoms with van der Waals surface area (Å²) in [5, 5.41) is 11.2. The zero-order chi connectivity index (χ0) is 30.9. The summed E-state index contributed by atoms with van der Waals surface area (Å²) in [7, 11) is 0. The molecule has 1 aromatic rings. The van der Waals surface area contributed by atoms with Crippen molar-refractivity contribution >= 4 is 5.97 Å². The van der Waals surface area contributed by atoms with Crippen LogP contribution in [0.25, 0.3) is 0 Å². The van der Waals surface area contributed by atoms with Crippen LogP contribution >= 0.6 is 0 Å². The molecular weight excluding hydrogens is 504 g/mol. The van der Waals surface area contributed by atoms with Gasteiger partial charge in [-0.3, -0.25) is 4.79 Å². The molecule has 0 fully saturated rings. The smallest absolute Gasteiger partial charge is 0.308 e. The van der Waals surface area contributed by atoms with E-state index in [-0.39, 0.29) is 28.8 Å². The minimum atomic E-state index is -0.274. The largest absolute Gasteiger partial charge is 0.507 e. The van der Waals surface area contributed by atoms with Gasteiger partial charge in [-0.1, -0.05) is 165 Å². The fourth-order valence-corrected chi connectivity index (χ4v) is 5.61. The van der Waals surface area contributed by atoms with Crippen LogP contribution in [-0.4, -0.2) is 11.1 Å². The average molecular weight is 573 g/mol. The monoisotopic (exact) mass is 573 g/mol.